The molecule has 0 spiro atoms. The van der Waals surface area contributed by atoms with Gasteiger partial charge in [-0.15, -0.1) is 0 Å². The van der Waals surface area contributed by atoms with Gasteiger partial charge in [-0.2, -0.15) is 0 Å². The summed E-state index contributed by atoms with van der Waals surface area (Å²) in [7, 11) is 1.65. The number of methoxy groups -OCH3 is 1. The number of hydrogen-bond acceptors (Lipinski definition) is 3. The van der Waals surface area contributed by atoms with Crippen molar-refractivity contribution in [3.8, 4) is 5.75 Å². The highest BCUT2D eigenvalue weighted by atomic mass is 16.5. The third kappa shape index (κ3) is 3.98. The van der Waals surface area contributed by atoms with Crippen LogP contribution in [0, 0.1) is 5.92 Å². The van der Waals surface area contributed by atoms with Crippen LogP contribution in [0.15, 0.2) is 24.3 Å². The number of aromatic nitrogens is 1. The molecular formula is C20H29N3O2. The fraction of sp³-hybridized carbons (Fsp3) is 0.550. The molecule has 0 bridgehead atoms. The Hall–Kier alpha value is -2.01. The Bertz CT molecular complexity index is 713. The van der Waals surface area contributed by atoms with Crippen LogP contribution in [0.5, 0.6) is 5.75 Å². The maximum atomic E-state index is 12.8. The van der Waals surface area contributed by atoms with E-state index in [0.29, 0.717) is 11.6 Å². The van der Waals surface area contributed by atoms with Gasteiger partial charge in [0.05, 0.1) is 7.11 Å². The number of nitrogens with one attached hydrogen (secondary N) is 1. The first kappa shape index (κ1) is 17.8. The number of amides is 1. The van der Waals surface area contributed by atoms with Crippen molar-refractivity contribution in [1.29, 1.82) is 0 Å². The van der Waals surface area contributed by atoms with E-state index in [1.165, 1.54) is 0 Å². The quantitative estimate of drug-likeness (QED) is 0.875. The first-order valence-electron chi connectivity index (χ1n) is 9.33. The third-order valence-corrected chi connectivity index (χ3v) is 5.37. The molecule has 1 aromatic heterocycles. The molecule has 2 heterocycles. The Morgan fingerprint density at radius 1 is 1.24 bits per heavy atom. The van der Waals surface area contributed by atoms with Gasteiger partial charge in [0.2, 0.25) is 0 Å². The predicted molar refractivity (Wildman–Crippen MR) is 101 cm³/mol. The lowest BCUT2D eigenvalue weighted by Crippen LogP contribution is -2.41. The zero-order chi connectivity index (χ0) is 17.8. The van der Waals surface area contributed by atoms with E-state index in [4.69, 9.17) is 4.74 Å². The molecule has 1 saturated heterocycles. The topological polar surface area (TPSA) is 48.6 Å². The fourth-order valence-electron chi connectivity index (χ4n) is 3.68. The van der Waals surface area contributed by atoms with Gasteiger partial charge < -0.3 is 19.5 Å². The van der Waals surface area contributed by atoms with Gasteiger partial charge in [-0.05, 0) is 50.0 Å². The average Bonchev–Trinajstić information content (AvgIpc) is 3.09. The number of hydrogen-bond donors (Lipinski definition) is 1. The predicted octanol–water partition coefficient (Wildman–Crippen LogP) is 3.37. The van der Waals surface area contributed by atoms with Crippen molar-refractivity contribution in [2.75, 3.05) is 39.8 Å². The lowest BCUT2D eigenvalue weighted by atomic mass is 9.96. The molecule has 1 aromatic carbocycles. The molecule has 3 rings (SSSR count). The maximum Gasteiger partial charge on any atom is 0.270 e. The molecule has 2 aromatic rings. The Morgan fingerprint density at radius 2 is 1.96 bits per heavy atom. The normalized spacial score (nSPS) is 15.9. The summed E-state index contributed by atoms with van der Waals surface area (Å²) < 4.78 is 5.25. The molecule has 1 fully saturated rings. The minimum Gasteiger partial charge on any atom is -0.497 e. The molecule has 0 atom stereocenters. The van der Waals surface area contributed by atoms with Crippen molar-refractivity contribution >= 4 is 16.8 Å². The molecule has 1 amide bonds. The number of benzene rings is 1. The summed E-state index contributed by atoms with van der Waals surface area (Å²) in [4.78, 5) is 20.5. The van der Waals surface area contributed by atoms with Crippen LogP contribution in [0.3, 0.4) is 0 Å². The van der Waals surface area contributed by atoms with Gasteiger partial charge in [-0.25, -0.2) is 0 Å². The number of likely N-dealkylation sites (tertiary alicyclic amines) is 1. The van der Waals surface area contributed by atoms with Crippen molar-refractivity contribution in [2.45, 2.75) is 26.7 Å². The molecule has 0 radical (unpaired) electrons. The van der Waals surface area contributed by atoms with Crippen LogP contribution >= 0.6 is 0 Å². The smallest absolute Gasteiger partial charge is 0.270 e. The van der Waals surface area contributed by atoms with Crippen LogP contribution in [0.1, 0.15) is 37.2 Å². The third-order valence-electron chi connectivity index (χ3n) is 5.37. The van der Waals surface area contributed by atoms with E-state index in [1.807, 2.05) is 29.2 Å². The number of fused-ring (bicyclic) bond motifs is 1. The number of H-pyrrole nitrogens is 1. The van der Waals surface area contributed by atoms with Gasteiger partial charge in [0, 0.05) is 36.6 Å². The second-order valence-electron chi connectivity index (χ2n) is 6.86. The van der Waals surface area contributed by atoms with Gasteiger partial charge in [0.15, 0.2) is 0 Å². The van der Waals surface area contributed by atoms with Crippen LogP contribution < -0.4 is 4.74 Å². The molecule has 25 heavy (non-hydrogen) atoms. The number of carbonyl (C=O) groups excluding carboxylic acids is 1. The summed E-state index contributed by atoms with van der Waals surface area (Å²) in [6, 6.07) is 7.78. The van der Waals surface area contributed by atoms with E-state index < -0.39 is 0 Å². The van der Waals surface area contributed by atoms with Crippen molar-refractivity contribution in [3.05, 3.63) is 30.0 Å². The molecule has 1 aliphatic rings. The SMILES string of the molecule is CCN(CC)CC1CCN(C(=O)c2cc3ccc(OC)cc3[nH]2)CC1. The number of rotatable bonds is 6. The number of ether oxygens (including phenoxy) is 1. The summed E-state index contributed by atoms with van der Waals surface area (Å²) in [6.45, 7) is 9.50. The second-order valence-corrected chi connectivity index (χ2v) is 6.86. The van der Waals surface area contributed by atoms with E-state index in [1.54, 1.807) is 7.11 Å². The minimum absolute atomic E-state index is 0.108. The fourth-order valence-corrected chi connectivity index (χ4v) is 3.68. The molecule has 136 valence electrons. The molecule has 1 aliphatic heterocycles. The van der Waals surface area contributed by atoms with Crippen LogP contribution in [0.25, 0.3) is 10.9 Å². The van der Waals surface area contributed by atoms with Gasteiger partial charge in [0.1, 0.15) is 11.4 Å². The summed E-state index contributed by atoms with van der Waals surface area (Å²) in [6.07, 6.45) is 2.19. The highest BCUT2D eigenvalue weighted by Gasteiger charge is 2.25. The Morgan fingerprint density at radius 3 is 2.60 bits per heavy atom. The maximum absolute atomic E-state index is 12.8. The Kier molecular flexibility index (Phi) is 5.63. The molecule has 0 unspecified atom stereocenters. The van der Waals surface area contributed by atoms with Crippen molar-refractivity contribution in [2.24, 2.45) is 5.92 Å². The summed E-state index contributed by atoms with van der Waals surface area (Å²) >= 11 is 0. The monoisotopic (exact) mass is 343 g/mol. The summed E-state index contributed by atoms with van der Waals surface area (Å²) in [5.74, 6) is 1.61. The Balaban J connectivity index is 1.62. The van der Waals surface area contributed by atoms with Gasteiger partial charge in [-0.1, -0.05) is 13.8 Å². The van der Waals surface area contributed by atoms with Crippen molar-refractivity contribution in [1.82, 2.24) is 14.8 Å². The zero-order valence-electron chi connectivity index (χ0n) is 15.5. The second kappa shape index (κ2) is 7.91. The molecule has 1 N–H and O–H groups in total. The molecule has 5 heteroatoms. The molecule has 5 nitrogen and oxygen atoms in total. The van der Waals surface area contributed by atoms with Crippen LogP contribution in [-0.4, -0.2) is 60.5 Å². The van der Waals surface area contributed by atoms with Gasteiger partial charge in [-0.3, -0.25) is 4.79 Å². The molecule has 0 aliphatic carbocycles. The van der Waals surface area contributed by atoms with Gasteiger partial charge >= 0.3 is 0 Å². The van der Waals surface area contributed by atoms with Crippen LogP contribution in [0.4, 0.5) is 0 Å². The zero-order valence-corrected chi connectivity index (χ0v) is 15.5. The standard InChI is InChI=1S/C20H29N3O2/c1-4-22(5-2)14-15-8-10-23(11-9-15)20(24)19-12-16-6-7-17(25-3)13-18(16)21-19/h6-7,12-13,15,21H,4-5,8-11,14H2,1-3H3. The van der Waals surface area contributed by atoms with Crippen LogP contribution in [0.2, 0.25) is 0 Å². The minimum atomic E-state index is 0.108. The van der Waals surface area contributed by atoms with Gasteiger partial charge in [0.25, 0.3) is 5.91 Å². The van der Waals surface area contributed by atoms with Crippen molar-refractivity contribution in [3.63, 3.8) is 0 Å². The number of aromatic amines is 1. The highest BCUT2D eigenvalue weighted by Crippen LogP contribution is 2.24. The lowest BCUT2D eigenvalue weighted by Gasteiger charge is -2.34. The first-order valence-corrected chi connectivity index (χ1v) is 9.33. The average molecular weight is 343 g/mol. The van der Waals surface area contributed by atoms with Crippen LogP contribution in [-0.2, 0) is 0 Å². The summed E-state index contributed by atoms with van der Waals surface area (Å²) in [5.41, 5.74) is 1.62. The summed E-state index contributed by atoms with van der Waals surface area (Å²) in [5, 5.41) is 1.04. The lowest BCUT2D eigenvalue weighted by molar-refractivity contribution is 0.0665. The van der Waals surface area contributed by atoms with E-state index >= 15 is 0 Å². The highest BCUT2D eigenvalue weighted by molar-refractivity contribution is 5.98. The van der Waals surface area contributed by atoms with E-state index in [-0.39, 0.29) is 5.91 Å². The number of piperidine rings is 1. The van der Waals surface area contributed by atoms with Crippen molar-refractivity contribution < 1.29 is 9.53 Å². The molecule has 0 saturated carbocycles. The number of nitrogens with zero attached hydrogens (tertiary/aromatic N) is 2. The van der Waals surface area contributed by atoms with E-state index in [0.717, 1.165) is 62.2 Å². The van der Waals surface area contributed by atoms with E-state index in [9.17, 15) is 4.79 Å². The largest absolute Gasteiger partial charge is 0.497 e. The molecular weight excluding hydrogens is 314 g/mol. The first-order chi connectivity index (χ1) is 12.1. The number of carbonyl (C=O) groups is 1. The Labute approximate surface area is 149 Å². The van der Waals surface area contributed by atoms with E-state index in [2.05, 4.69) is 23.7 Å².